The van der Waals surface area contributed by atoms with Crippen LogP contribution in [0.25, 0.3) is 0 Å². The maximum absolute atomic E-state index is 12.7. The van der Waals surface area contributed by atoms with Gasteiger partial charge >= 0.3 is 0 Å². The quantitative estimate of drug-likeness (QED) is 0.694. The number of hydrogen-bond acceptors (Lipinski definition) is 4. The molecule has 0 heterocycles. The molecule has 2 aliphatic carbocycles. The Hall–Kier alpha value is -2.36. The fourth-order valence-corrected chi connectivity index (χ4v) is 2.72. The van der Waals surface area contributed by atoms with Crippen molar-refractivity contribution in [1.82, 2.24) is 0 Å². The van der Waals surface area contributed by atoms with Crippen molar-refractivity contribution in [2.24, 2.45) is 10.8 Å². The predicted molar refractivity (Wildman–Crippen MR) is 91.3 cm³/mol. The van der Waals surface area contributed by atoms with E-state index in [1.165, 1.54) is 18.2 Å². The van der Waals surface area contributed by atoms with Gasteiger partial charge in [0.05, 0.1) is 0 Å². The molecular formula is C20H22O4. The lowest BCUT2D eigenvalue weighted by molar-refractivity contribution is -0.117. The van der Waals surface area contributed by atoms with Crippen LogP contribution in [-0.2, 0) is 19.2 Å². The number of ketones is 4. The predicted octanol–water partition coefficient (Wildman–Crippen LogP) is 3.09. The molecule has 0 saturated heterocycles. The summed E-state index contributed by atoms with van der Waals surface area (Å²) in [6.07, 6.45) is 4.92. The van der Waals surface area contributed by atoms with E-state index in [1.807, 2.05) is 41.5 Å². The Morgan fingerprint density at radius 3 is 1.62 bits per heavy atom. The van der Waals surface area contributed by atoms with E-state index in [4.69, 9.17) is 0 Å². The van der Waals surface area contributed by atoms with E-state index in [9.17, 15) is 19.2 Å². The van der Waals surface area contributed by atoms with Crippen LogP contribution >= 0.6 is 0 Å². The van der Waals surface area contributed by atoms with Gasteiger partial charge in [0.15, 0.2) is 23.1 Å². The van der Waals surface area contributed by atoms with Gasteiger partial charge in [-0.25, -0.2) is 0 Å². The molecule has 2 aliphatic rings. The number of carbonyl (C=O) groups excluding carboxylic acids is 4. The molecule has 0 aromatic rings. The van der Waals surface area contributed by atoms with Crippen molar-refractivity contribution in [2.75, 3.05) is 0 Å². The first-order chi connectivity index (χ1) is 10.8. The van der Waals surface area contributed by atoms with Crippen LogP contribution in [0.4, 0.5) is 0 Å². The second-order valence-electron chi connectivity index (χ2n) is 8.19. The van der Waals surface area contributed by atoms with Crippen molar-refractivity contribution < 1.29 is 19.2 Å². The Labute approximate surface area is 142 Å². The van der Waals surface area contributed by atoms with Gasteiger partial charge in [0, 0.05) is 22.3 Å². The molecule has 0 aromatic heterocycles. The molecule has 4 nitrogen and oxygen atoms in total. The maximum Gasteiger partial charge on any atom is 0.190 e. The van der Waals surface area contributed by atoms with Gasteiger partial charge in [-0.1, -0.05) is 41.5 Å². The SMILES string of the molecule is CC(C)(C)C1=CC(=O)C(C2=CC(=O)C=C(C(C)(C)C)C2=O)=CC1=O. The van der Waals surface area contributed by atoms with Crippen LogP contribution in [0.3, 0.4) is 0 Å². The first-order valence-corrected chi connectivity index (χ1v) is 7.88. The van der Waals surface area contributed by atoms with Crippen molar-refractivity contribution in [3.63, 3.8) is 0 Å². The van der Waals surface area contributed by atoms with Gasteiger partial charge in [-0.3, -0.25) is 19.2 Å². The minimum absolute atomic E-state index is 0.00111. The molecule has 0 saturated carbocycles. The summed E-state index contributed by atoms with van der Waals surface area (Å²) >= 11 is 0. The number of carbonyl (C=O) groups is 4. The van der Waals surface area contributed by atoms with E-state index in [0.717, 1.165) is 6.08 Å². The van der Waals surface area contributed by atoms with Crippen LogP contribution in [0.2, 0.25) is 0 Å². The zero-order valence-corrected chi connectivity index (χ0v) is 14.9. The van der Waals surface area contributed by atoms with Gasteiger partial charge in [-0.2, -0.15) is 0 Å². The normalized spacial score (nSPS) is 19.8. The molecule has 0 atom stereocenters. The van der Waals surface area contributed by atoms with Crippen molar-refractivity contribution in [3.05, 3.63) is 46.6 Å². The van der Waals surface area contributed by atoms with Gasteiger partial charge in [-0.15, -0.1) is 0 Å². The third kappa shape index (κ3) is 3.28. The highest BCUT2D eigenvalue weighted by atomic mass is 16.1. The summed E-state index contributed by atoms with van der Waals surface area (Å²) in [6, 6.07) is 0. The molecule has 0 aliphatic heterocycles. The summed E-state index contributed by atoms with van der Waals surface area (Å²) in [6.45, 7) is 11.0. The molecule has 0 unspecified atom stereocenters. The fraction of sp³-hybridized carbons (Fsp3) is 0.400. The zero-order chi connectivity index (χ0) is 18.4. The largest absolute Gasteiger partial charge is 0.290 e. The lowest BCUT2D eigenvalue weighted by atomic mass is 9.74. The Kier molecular flexibility index (Phi) is 4.21. The molecule has 4 heteroatoms. The second kappa shape index (κ2) is 5.62. The molecule has 2 rings (SSSR count). The van der Waals surface area contributed by atoms with Gasteiger partial charge < -0.3 is 0 Å². The molecule has 0 fully saturated rings. The number of hydrogen-bond donors (Lipinski definition) is 0. The lowest BCUT2D eigenvalue weighted by Crippen LogP contribution is -2.29. The van der Waals surface area contributed by atoms with E-state index in [-0.39, 0.29) is 28.5 Å². The van der Waals surface area contributed by atoms with Gasteiger partial charge in [-0.05, 0) is 35.1 Å². The van der Waals surface area contributed by atoms with Gasteiger partial charge in [0.25, 0.3) is 0 Å². The van der Waals surface area contributed by atoms with E-state index in [0.29, 0.717) is 11.1 Å². The van der Waals surface area contributed by atoms with E-state index >= 15 is 0 Å². The summed E-state index contributed by atoms with van der Waals surface area (Å²) in [7, 11) is 0. The third-order valence-electron chi connectivity index (χ3n) is 4.05. The third-order valence-corrected chi connectivity index (χ3v) is 4.05. The number of Topliss-reactive ketones (excluding diaryl/α,β-unsaturated/α-hetero) is 1. The van der Waals surface area contributed by atoms with Crippen molar-refractivity contribution >= 4 is 23.1 Å². The van der Waals surface area contributed by atoms with E-state index in [2.05, 4.69) is 0 Å². The Bertz CT molecular complexity index is 784. The Morgan fingerprint density at radius 1 is 0.583 bits per heavy atom. The first kappa shape index (κ1) is 18.0. The van der Waals surface area contributed by atoms with E-state index in [1.54, 1.807) is 0 Å². The van der Waals surface area contributed by atoms with Crippen molar-refractivity contribution in [3.8, 4) is 0 Å². The van der Waals surface area contributed by atoms with Crippen LogP contribution in [0.1, 0.15) is 41.5 Å². The summed E-state index contributed by atoms with van der Waals surface area (Å²) in [5.41, 5.74) is -0.238. The molecule has 0 amide bonds. The molecular weight excluding hydrogens is 304 g/mol. The Balaban J connectivity index is 2.48. The molecule has 0 radical (unpaired) electrons. The lowest BCUT2D eigenvalue weighted by Gasteiger charge is -2.27. The highest BCUT2D eigenvalue weighted by Gasteiger charge is 2.36. The molecule has 0 N–H and O–H groups in total. The van der Waals surface area contributed by atoms with Crippen LogP contribution in [0.5, 0.6) is 0 Å². The average molecular weight is 326 g/mol. The first-order valence-electron chi connectivity index (χ1n) is 7.88. The van der Waals surface area contributed by atoms with Gasteiger partial charge in [0.2, 0.25) is 0 Å². The second-order valence-corrected chi connectivity index (χ2v) is 8.19. The fourth-order valence-electron chi connectivity index (χ4n) is 2.72. The highest BCUT2D eigenvalue weighted by molar-refractivity contribution is 6.31. The summed E-state index contributed by atoms with van der Waals surface area (Å²) in [4.78, 5) is 49.6. The highest BCUT2D eigenvalue weighted by Crippen LogP contribution is 2.35. The smallest absolute Gasteiger partial charge is 0.190 e. The maximum atomic E-state index is 12.7. The monoisotopic (exact) mass is 326 g/mol. The van der Waals surface area contributed by atoms with Crippen molar-refractivity contribution in [1.29, 1.82) is 0 Å². The van der Waals surface area contributed by atoms with E-state index < -0.39 is 16.6 Å². The Morgan fingerprint density at radius 2 is 1.12 bits per heavy atom. The molecule has 0 spiro atoms. The topological polar surface area (TPSA) is 68.3 Å². The van der Waals surface area contributed by atoms with Crippen LogP contribution < -0.4 is 0 Å². The molecule has 126 valence electrons. The zero-order valence-electron chi connectivity index (χ0n) is 14.9. The minimum Gasteiger partial charge on any atom is -0.290 e. The van der Waals surface area contributed by atoms with Crippen LogP contribution in [0, 0.1) is 10.8 Å². The van der Waals surface area contributed by atoms with Crippen LogP contribution in [-0.4, -0.2) is 23.1 Å². The standard InChI is InChI=1S/C20H22O4/c1-19(2,3)14-10-16(22)12(9-17(14)23)13-7-11(21)8-15(18(13)24)20(4,5)6/h7-10H,1-6H3. The summed E-state index contributed by atoms with van der Waals surface area (Å²) in [5, 5.41) is 0. The van der Waals surface area contributed by atoms with Crippen LogP contribution in [0.15, 0.2) is 46.6 Å². The molecule has 0 aromatic carbocycles. The summed E-state index contributed by atoms with van der Waals surface area (Å²) < 4.78 is 0. The van der Waals surface area contributed by atoms with Crippen molar-refractivity contribution in [2.45, 2.75) is 41.5 Å². The molecule has 24 heavy (non-hydrogen) atoms. The number of allylic oxidation sites excluding steroid dienone is 8. The number of rotatable bonds is 1. The summed E-state index contributed by atoms with van der Waals surface area (Å²) in [5.74, 6) is -1.43. The minimum atomic E-state index is -0.527. The molecule has 0 bridgehead atoms. The van der Waals surface area contributed by atoms with Gasteiger partial charge in [0.1, 0.15) is 0 Å². The average Bonchev–Trinajstić information content (AvgIpc) is 2.41.